The second kappa shape index (κ2) is 30.8. The van der Waals surface area contributed by atoms with Crippen LogP contribution in [0.3, 0.4) is 0 Å². The van der Waals surface area contributed by atoms with Gasteiger partial charge in [0.05, 0.1) is 26.2 Å². The summed E-state index contributed by atoms with van der Waals surface area (Å²) in [6.45, 7) is 7.96. The number of hydrogen-bond donors (Lipinski definition) is 0. The Kier molecular flexibility index (Phi) is 31.1. The molecule has 1 saturated carbocycles. The standard InChI is InChI=1S/C18H15P.C7H16N3P.2C5H8O2.C5H5.ClH.Co.Ru/c1-4-10-16(11-5-1)19(17-12-6-2-7-13-17)18-14-8-3-9-15-18;1-8-3-10-4-9(2)6-11(5-8)7-10;2*1-4(6)3-5(2)7;1-2-4-5-3-1;;;/h1-15H;3-7H2,1-2H3;2*3H2,1-2H3;1-5H;1H;;/q;;;;;;2*+2/p-1. The molecular weight excluding hydrogens is 844 g/mol. The number of fused-ring (bicyclic) bond motifs is 2. The Balaban J connectivity index is 0. The largest absolute Gasteiger partial charge is 2.00 e. The van der Waals surface area contributed by atoms with Crippen LogP contribution in [-0.2, 0) is 55.4 Å². The summed E-state index contributed by atoms with van der Waals surface area (Å²) in [5, 5.41) is 4.19. The van der Waals surface area contributed by atoms with Crippen molar-refractivity contribution in [2.24, 2.45) is 0 Å². The van der Waals surface area contributed by atoms with Gasteiger partial charge in [-0.2, -0.15) is 0 Å². The fraction of sp³-hybridized carbons (Fsp3) is 0.325. The molecule has 12 heteroatoms. The number of rotatable bonds is 7. The first kappa shape index (κ1) is 52.6. The van der Waals surface area contributed by atoms with Crippen molar-refractivity contribution in [3.05, 3.63) is 123 Å². The van der Waals surface area contributed by atoms with Gasteiger partial charge in [0.25, 0.3) is 0 Å². The summed E-state index contributed by atoms with van der Waals surface area (Å²) in [5.41, 5.74) is 0. The van der Waals surface area contributed by atoms with Crippen LogP contribution < -0.4 is 28.3 Å². The molecule has 0 N–H and O–H groups in total. The Morgan fingerprint density at radius 1 is 0.538 bits per heavy atom. The van der Waals surface area contributed by atoms with Crippen LogP contribution >= 0.6 is 15.8 Å². The van der Waals surface area contributed by atoms with Crippen LogP contribution in [0.5, 0.6) is 0 Å². The minimum atomic E-state index is -0.446. The van der Waals surface area contributed by atoms with Gasteiger partial charge in [0.2, 0.25) is 0 Å². The number of carbonyl (C=O) groups is 4. The van der Waals surface area contributed by atoms with Crippen molar-refractivity contribution in [1.29, 1.82) is 0 Å². The molecule has 0 aromatic heterocycles. The zero-order chi connectivity index (χ0) is 36.0. The maximum atomic E-state index is 10.0. The summed E-state index contributed by atoms with van der Waals surface area (Å²) < 4.78 is 0. The topological polar surface area (TPSA) is 78.0 Å². The molecule has 7 nitrogen and oxygen atoms in total. The van der Waals surface area contributed by atoms with Gasteiger partial charge in [-0.1, -0.05) is 98.9 Å². The van der Waals surface area contributed by atoms with Crippen LogP contribution in [0.2, 0.25) is 0 Å². The Labute approximate surface area is 345 Å². The molecule has 0 spiro atoms. The van der Waals surface area contributed by atoms with Crippen molar-refractivity contribution in [2.45, 2.75) is 40.5 Å². The maximum absolute atomic E-state index is 10.0. The fourth-order valence-corrected chi connectivity index (χ4v) is 10.1. The van der Waals surface area contributed by atoms with E-state index in [1.54, 1.807) is 0 Å². The molecule has 2 saturated heterocycles. The molecule has 0 unspecified atom stereocenters. The molecule has 0 amide bonds. The first-order chi connectivity index (χ1) is 23.4. The number of ketones is 4. The predicted octanol–water partition coefficient (Wildman–Crippen LogP) is 3.02. The van der Waals surface area contributed by atoms with Crippen LogP contribution in [-0.4, -0.2) is 84.1 Å². The van der Waals surface area contributed by atoms with E-state index in [9.17, 15) is 19.2 Å². The van der Waals surface area contributed by atoms with Gasteiger partial charge in [0, 0.05) is 18.9 Å². The molecule has 2 bridgehead atoms. The van der Waals surface area contributed by atoms with E-state index in [4.69, 9.17) is 0 Å². The molecule has 3 aliphatic rings. The average molecular weight is 896 g/mol. The third-order valence-corrected chi connectivity index (χ3v) is 11.8. The van der Waals surface area contributed by atoms with Gasteiger partial charge >= 0.3 is 36.3 Å². The quantitative estimate of drug-likeness (QED) is 0.205. The third kappa shape index (κ3) is 24.0. The van der Waals surface area contributed by atoms with E-state index in [1.807, 2.05) is 32.1 Å². The predicted molar refractivity (Wildman–Crippen MR) is 207 cm³/mol. The Morgan fingerprint density at radius 2 is 0.808 bits per heavy atom. The van der Waals surface area contributed by atoms with E-state index >= 15 is 0 Å². The smallest absolute Gasteiger partial charge is 1.00 e. The van der Waals surface area contributed by atoms with E-state index < -0.39 is 7.92 Å². The van der Waals surface area contributed by atoms with Crippen molar-refractivity contribution < 1.29 is 67.8 Å². The van der Waals surface area contributed by atoms with Crippen molar-refractivity contribution >= 4 is 54.9 Å². The molecule has 6 radical (unpaired) electrons. The van der Waals surface area contributed by atoms with Crippen LogP contribution in [0.4, 0.5) is 0 Å². The molecule has 282 valence electrons. The Hall–Kier alpha value is -1.50. The second-order valence-corrected chi connectivity index (χ2v) is 16.6. The summed E-state index contributed by atoms with van der Waals surface area (Å²) >= 11 is 0. The van der Waals surface area contributed by atoms with Crippen molar-refractivity contribution in [1.82, 2.24) is 14.7 Å². The first-order valence-electron chi connectivity index (χ1n) is 16.4. The van der Waals surface area contributed by atoms with E-state index in [2.05, 4.69) is 120 Å². The maximum Gasteiger partial charge on any atom is 2.00 e. The summed E-state index contributed by atoms with van der Waals surface area (Å²) in [6.07, 6.45) is 14.2. The SMILES string of the molecule is CC(=O)CC(C)=O.CC(=O)CC(C)=O.CN1CN2CN(C)CP(C1)C2.[CH]1[CH][CH][CH][CH]1.[Cl-].[Co+2].[Ru+2].c1ccc(P(c2ccccc2)c2ccccc2)cc1. The average Bonchev–Trinajstić information content (AvgIpc) is 3.63. The van der Waals surface area contributed by atoms with Gasteiger partial charge < -0.3 is 12.4 Å². The van der Waals surface area contributed by atoms with Crippen LogP contribution in [0.1, 0.15) is 40.5 Å². The number of carbonyl (C=O) groups excluding carboxylic acids is 4. The van der Waals surface area contributed by atoms with Crippen LogP contribution in [0.15, 0.2) is 91.0 Å². The van der Waals surface area contributed by atoms with Crippen molar-refractivity contribution in [3.8, 4) is 0 Å². The van der Waals surface area contributed by atoms with Crippen molar-refractivity contribution in [3.63, 3.8) is 0 Å². The Bertz CT molecular complexity index is 1220. The minimum Gasteiger partial charge on any atom is -1.00 e. The summed E-state index contributed by atoms with van der Waals surface area (Å²) in [4.78, 5) is 47.6. The molecule has 6 rings (SSSR count). The molecule has 52 heavy (non-hydrogen) atoms. The number of halogens is 1. The molecule has 2 aliphatic heterocycles. The van der Waals surface area contributed by atoms with Gasteiger partial charge in [-0.3, -0.25) is 33.9 Å². The molecule has 3 fully saturated rings. The van der Waals surface area contributed by atoms with Gasteiger partial charge in [-0.25, -0.2) is 0 Å². The summed E-state index contributed by atoms with van der Waals surface area (Å²) in [5.74, 6) is -0.250. The molecule has 3 aromatic rings. The first-order valence-corrected chi connectivity index (χ1v) is 19.6. The van der Waals surface area contributed by atoms with Crippen LogP contribution in [0.25, 0.3) is 0 Å². The zero-order valence-electron chi connectivity index (χ0n) is 30.9. The van der Waals surface area contributed by atoms with E-state index in [0.29, 0.717) is 0 Å². The minimum absolute atomic E-state index is 0. The summed E-state index contributed by atoms with van der Waals surface area (Å²) in [7, 11) is 4.29. The Morgan fingerprint density at radius 3 is 1.02 bits per heavy atom. The number of hydrogen-bond acceptors (Lipinski definition) is 7. The van der Waals surface area contributed by atoms with Gasteiger partial charge in [-0.15, -0.1) is 0 Å². The second-order valence-electron chi connectivity index (χ2n) is 12.2. The van der Waals surface area contributed by atoms with Crippen LogP contribution in [0, 0.1) is 32.1 Å². The number of Topliss-reactive ketones (excluding diaryl/α,β-unsaturated/α-hetero) is 4. The van der Waals surface area contributed by atoms with E-state index in [0.717, 1.165) is 0 Å². The van der Waals surface area contributed by atoms with Crippen molar-refractivity contribution in [2.75, 3.05) is 46.3 Å². The van der Waals surface area contributed by atoms with Gasteiger partial charge in [0.15, 0.2) is 0 Å². The van der Waals surface area contributed by atoms with E-state index in [1.165, 1.54) is 75.8 Å². The van der Waals surface area contributed by atoms with Gasteiger partial charge in [0.1, 0.15) is 23.1 Å². The molecule has 1 aliphatic carbocycles. The molecular formula is C40H52ClCoN3O4P2Ru+3. The molecule has 3 aromatic carbocycles. The zero-order valence-corrected chi connectivity index (χ0v) is 36.3. The normalized spacial score (nSPS) is 17.1. The number of nitrogens with zero attached hydrogens (tertiary/aromatic N) is 3. The molecule has 0 atom stereocenters. The number of benzene rings is 3. The third-order valence-electron chi connectivity index (χ3n) is 6.76. The fourth-order valence-electron chi connectivity index (χ4n) is 5.21. The van der Waals surface area contributed by atoms with Gasteiger partial charge in [-0.05, 0) is 97.7 Å². The summed E-state index contributed by atoms with van der Waals surface area (Å²) in [6, 6.07) is 32.3. The monoisotopic (exact) mass is 896 g/mol. The van der Waals surface area contributed by atoms with E-state index in [-0.39, 0.29) is 92.6 Å². The molecule has 2 heterocycles.